The van der Waals surface area contributed by atoms with Crippen LogP contribution in [0.1, 0.15) is 5.56 Å². The van der Waals surface area contributed by atoms with Crippen molar-refractivity contribution in [2.45, 2.75) is 0 Å². The lowest BCUT2D eigenvalue weighted by atomic mass is 10.3. The van der Waals surface area contributed by atoms with E-state index >= 15 is 0 Å². The number of hydrogen-bond donors (Lipinski definition) is 0. The minimum absolute atomic E-state index is 0.391. The van der Waals surface area contributed by atoms with Crippen LogP contribution in [0, 0.1) is 5.82 Å². The fourth-order valence-electron chi connectivity index (χ4n) is 1.24. The minimum Gasteiger partial charge on any atom is -0.495 e. The minimum atomic E-state index is -0.391. The molecule has 0 saturated heterocycles. The van der Waals surface area contributed by atoms with E-state index in [1.165, 1.54) is 18.5 Å². The van der Waals surface area contributed by atoms with Crippen LogP contribution in [0.2, 0.25) is 0 Å². The van der Waals surface area contributed by atoms with Crippen molar-refractivity contribution in [1.82, 2.24) is 9.97 Å². The number of halogens is 1. The first-order chi connectivity index (χ1) is 8.28. The van der Waals surface area contributed by atoms with Crippen LogP contribution in [0.5, 0.6) is 5.75 Å². The second-order valence-corrected chi connectivity index (χ2v) is 3.28. The highest BCUT2D eigenvalue weighted by Gasteiger charge is 1.95. The van der Waals surface area contributed by atoms with E-state index in [1.807, 2.05) is 0 Å². The van der Waals surface area contributed by atoms with Gasteiger partial charge >= 0.3 is 0 Å². The smallest absolute Gasteiger partial charge is 0.142 e. The molecule has 0 unspecified atom stereocenters. The van der Waals surface area contributed by atoms with E-state index in [9.17, 15) is 4.39 Å². The third kappa shape index (κ3) is 3.07. The number of nitrogens with zero attached hydrogens (tertiary/aromatic N) is 3. The van der Waals surface area contributed by atoms with Crippen molar-refractivity contribution in [1.29, 1.82) is 0 Å². The molecule has 0 aliphatic rings. The summed E-state index contributed by atoms with van der Waals surface area (Å²) in [6.45, 7) is 0. The molecule has 0 aromatic carbocycles. The number of ether oxygens (including phenoxy) is 1. The van der Waals surface area contributed by atoms with E-state index < -0.39 is 5.82 Å². The van der Waals surface area contributed by atoms with Gasteiger partial charge in [0.25, 0.3) is 0 Å². The molecule has 0 aliphatic heterocycles. The van der Waals surface area contributed by atoms with Gasteiger partial charge in [0, 0.05) is 24.0 Å². The van der Waals surface area contributed by atoms with E-state index in [0.717, 1.165) is 6.20 Å². The standard InChI is InChI=1S/C12H10FN3O/c1-17-12-3-11(7-15-8-12)16-5-9-2-10(13)6-14-4-9/h2-8H,1H3/b16-5+. The predicted octanol–water partition coefficient (Wildman–Crippen LogP) is 2.37. The molecule has 0 saturated carbocycles. The Bertz CT molecular complexity index is 543. The summed E-state index contributed by atoms with van der Waals surface area (Å²) >= 11 is 0. The molecule has 0 spiro atoms. The second kappa shape index (κ2) is 5.16. The summed E-state index contributed by atoms with van der Waals surface area (Å²) in [6, 6.07) is 3.08. The molecule has 0 aliphatic carbocycles. The van der Waals surface area contributed by atoms with Crippen molar-refractivity contribution in [2.75, 3.05) is 7.11 Å². The molecule has 0 atom stereocenters. The summed E-state index contributed by atoms with van der Waals surface area (Å²) in [5.41, 5.74) is 1.22. The number of hydrogen-bond acceptors (Lipinski definition) is 4. The van der Waals surface area contributed by atoms with Crippen LogP contribution in [0.25, 0.3) is 0 Å². The molecule has 5 heteroatoms. The van der Waals surface area contributed by atoms with E-state index in [4.69, 9.17) is 4.74 Å². The highest BCUT2D eigenvalue weighted by atomic mass is 19.1. The highest BCUT2D eigenvalue weighted by molar-refractivity contribution is 5.81. The Morgan fingerprint density at radius 2 is 2.00 bits per heavy atom. The Kier molecular flexibility index (Phi) is 3.40. The summed E-state index contributed by atoms with van der Waals surface area (Å²) in [5.74, 6) is 0.231. The van der Waals surface area contributed by atoms with Crippen LogP contribution in [0.3, 0.4) is 0 Å². The SMILES string of the molecule is COc1cncc(/N=C/c2cncc(F)c2)c1. The molecule has 86 valence electrons. The molecule has 2 rings (SSSR count). The molecule has 0 amide bonds. The summed E-state index contributed by atoms with van der Waals surface area (Å²) in [4.78, 5) is 11.8. The van der Waals surface area contributed by atoms with Crippen LogP contribution in [-0.4, -0.2) is 23.3 Å². The van der Waals surface area contributed by atoms with Crippen molar-refractivity contribution in [3.05, 3.63) is 48.3 Å². The molecule has 4 nitrogen and oxygen atoms in total. The van der Waals surface area contributed by atoms with Gasteiger partial charge in [-0.2, -0.15) is 0 Å². The average molecular weight is 231 g/mol. The van der Waals surface area contributed by atoms with Gasteiger partial charge in [-0.05, 0) is 6.07 Å². The van der Waals surface area contributed by atoms with Gasteiger partial charge in [-0.3, -0.25) is 15.0 Å². The zero-order chi connectivity index (χ0) is 12.1. The molecule has 2 aromatic rings. The lowest BCUT2D eigenvalue weighted by molar-refractivity contribution is 0.413. The fourth-order valence-corrected chi connectivity index (χ4v) is 1.24. The Balaban J connectivity index is 2.19. The molecule has 0 N–H and O–H groups in total. The molecule has 0 fully saturated rings. The third-order valence-corrected chi connectivity index (χ3v) is 2.02. The van der Waals surface area contributed by atoms with E-state index in [-0.39, 0.29) is 0 Å². The number of methoxy groups -OCH3 is 1. The molecule has 2 aromatic heterocycles. The van der Waals surface area contributed by atoms with E-state index in [1.54, 1.807) is 25.6 Å². The lowest BCUT2D eigenvalue weighted by Crippen LogP contribution is -1.86. The quantitative estimate of drug-likeness (QED) is 0.762. The Morgan fingerprint density at radius 1 is 1.18 bits per heavy atom. The van der Waals surface area contributed by atoms with Crippen LogP contribution in [0.4, 0.5) is 10.1 Å². The largest absolute Gasteiger partial charge is 0.495 e. The van der Waals surface area contributed by atoms with Gasteiger partial charge in [0.05, 0.1) is 31.4 Å². The van der Waals surface area contributed by atoms with E-state index in [2.05, 4.69) is 15.0 Å². The maximum atomic E-state index is 12.9. The van der Waals surface area contributed by atoms with Crippen LogP contribution in [0.15, 0.2) is 41.9 Å². The van der Waals surface area contributed by atoms with Crippen molar-refractivity contribution < 1.29 is 9.13 Å². The summed E-state index contributed by atoms with van der Waals surface area (Å²) in [6.07, 6.45) is 7.37. The zero-order valence-corrected chi connectivity index (χ0v) is 9.17. The Labute approximate surface area is 97.8 Å². The maximum absolute atomic E-state index is 12.9. The summed E-state index contributed by atoms with van der Waals surface area (Å²) in [7, 11) is 1.56. The molecular weight excluding hydrogens is 221 g/mol. The topological polar surface area (TPSA) is 47.4 Å². The van der Waals surface area contributed by atoms with Gasteiger partial charge in [-0.25, -0.2) is 4.39 Å². The van der Waals surface area contributed by atoms with Gasteiger partial charge in [0.15, 0.2) is 0 Å². The van der Waals surface area contributed by atoms with Crippen LogP contribution in [-0.2, 0) is 0 Å². The van der Waals surface area contributed by atoms with Crippen molar-refractivity contribution in [2.24, 2.45) is 4.99 Å². The first kappa shape index (κ1) is 11.2. The molecule has 0 bridgehead atoms. The first-order valence-electron chi connectivity index (χ1n) is 4.91. The Morgan fingerprint density at radius 3 is 2.76 bits per heavy atom. The van der Waals surface area contributed by atoms with Crippen molar-refractivity contribution in [3.8, 4) is 5.75 Å². The monoisotopic (exact) mass is 231 g/mol. The first-order valence-corrected chi connectivity index (χ1v) is 4.91. The average Bonchev–Trinajstić information content (AvgIpc) is 2.37. The van der Waals surface area contributed by atoms with Crippen molar-refractivity contribution in [3.63, 3.8) is 0 Å². The number of pyridine rings is 2. The number of aliphatic imine (C=N–C) groups is 1. The summed E-state index contributed by atoms with van der Waals surface area (Å²) in [5, 5.41) is 0. The van der Waals surface area contributed by atoms with Gasteiger partial charge < -0.3 is 4.74 Å². The molecule has 0 radical (unpaired) electrons. The lowest BCUT2D eigenvalue weighted by Gasteiger charge is -1.98. The number of rotatable bonds is 3. The summed E-state index contributed by atoms with van der Waals surface area (Å²) < 4.78 is 17.9. The van der Waals surface area contributed by atoms with Crippen LogP contribution < -0.4 is 4.74 Å². The fraction of sp³-hybridized carbons (Fsp3) is 0.0833. The Hall–Kier alpha value is -2.30. The van der Waals surface area contributed by atoms with Crippen molar-refractivity contribution >= 4 is 11.9 Å². The molecule has 2 heterocycles. The van der Waals surface area contributed by atoms with Crippen LogP contribution >= 0.6 is 0 Å². The van der Waals surface area contributed by atoms with Gasteiger partial charge in [0.2, 0.25) is 0 Å². The number of aromatic nitrogens is 2. The predicted molar refractivity (Wildman–Crippen MR) is 62.2 cm³/mol. The maximum Gasteiger partial charge on any atom is 0.142 e. The molecular formula is C12H10FN3O. The normalized spacial score (nSPS) is 10.7. The third-order valence-electron chi connectivity index (χ3n) is 2.02. The zero-order valence-electron chi connectivity index (χ0n) is 9.17. The highest BCUT2D eigenvalue weighted by Crippen LogP contribution is 2.17. The van der Waals surface area contributed by atoms with Gasteiger partial charge in [-0.15, -0.1) is 0 Å². The van der Waals surface area contributed by atoms with Gasteiger partial charge in [-0.1, -0.05) is 0 Å². The van der Waals surface area contributed by atoms with Gasteiger partial charge in [0.1, 0.15) is 11.6 Å². The second-order valence-electron chi connectivity index (χ2n) is 3.28. The van der Waals surface area contributed by atoms with E-state index in [0.29, 0.717) is 17.0 Å². The molecule has 17 heavy (non-hydrogen) atoms.